The molecule has 27 heavy (non-hydrogen) atoms. The van der Waals surface area contributed by atoms with E-state index in [2.05, 4.69) is 5.32 Å². The molecule has 1 atom stereocenters. The first-order chi connectivity index (χ1) is 13.1. The molecule has 2 heterocycles. The van der Waals surface area contributed by atoms with Crippen LogP contribution < -0.4 is 15.5 Å². The Morgan fingerprint density at radius 3 is 2.74 bits per heavy atom. The van der Waals surface area contributed by atoms with E-state index < -0.39 is 6.04 Å². The zero-order valence-electron chi connectivity index (χ0n) is 15.4. The molecule has 3 aromatic rings. The zero-order valence-corrected chi connectivity index (χ0v) is 15.4. The van der Waals surface area contributed by atoms with E-state index >= 15 is 0 Å². The SMILES string of the molecule is CCCOc1cccc(C2NC(=O)c3oc4ccc(CC)cc4c(=O)c32)c1. The molecule has 0 bridgehead atoms. The molecule has 0 spiro atoms. The minimum atomic E-state index is -0.538. The van der Waals surface area contributed by atoms with Crippen molar-refractivity contribution in [2.24, 2.45) is 0 Å². The molecule has 0 saturated carbocycles. The van der Waals surface area contributed by atoms with Crippen molar-refractivity contribution < 1.29 is 13.9 Å². The van der Waals surface area contributed by atoms with Gasteiger partial charge in [0.2, 0.25) is 5.76 Å². The van der Waals surface area contributed by atoms with Crippen LogP contribution in [-0.2, 0) is 6.42 Å². The third-order valence-corrected chi connectivity index (χ3v) is 4.83. The summed E-state index contributed by atoms with van der Waals surface area (Å²) in [4.78, 5) is 25.6. The number of carbonyl (C=O) groups is 1. The summed E-state index contributed by atoms with van der Waals surface area (Å²) in [5.74, 6) is 0.450. The van der Waals surface area contributed by atoms with Crippen LogP contribution in [0.3, 0.4) is 0 Å². The summed E-state index contributed by atoms with van der Waals surface area (Å²) >= 11 is 0. The third-order valence-electron chi connectivity index (χ3n) is 4.83. The number of fused-ring (bicyclic) bond motifs is 2. The molecule has 1 amide bonds. The van der Waals surface area contributed by atoms with Gasteiger partial charge in [0.25, 0.3) is 5.91 Å². The fourth-order valence-electron chi connectivity index (χ4n) is 3.43. The van der Waals surface area contributed by atoms with Crippen LogP contribution in [0.4, 0.5) is 0 Å². The van der Waals surface area contributed by atoms with Crippen molar-refractivity contribution in [2.75, 3.05) is 6.61 Å². The first-order valence-corrected chi connectivity index (χ1v) is 9.25. The highest BCUT2D eigenvalue weighted by Gasteiger charge is 2.36. The number of benzene rings is 2. The van der Waals surface area contributed by atoms with Gasteiger partial charge in [0.1, 0.15) is 11.3 Å². The fourth-order valence-corrected chi connectivity index (χ4v) is 3.43. The molecule has 1 aliphatic heterocycles. The zero-order chi connectivity index (χ0) is 19.0. The summed E-state index contributed by atoms with van der Waals surface area (Å²) in [6.45, 7) is 4.69. The van der Waals surface area contributed by atoms with E-state index in [1.165, 1.54) is 0 Å². The van der Waals surface area contributed by atoms with Crippen molar-refractivity contribution in [3.05, 3.63) is 75.1 Å². The number of hydrogen-bond acceptors (Lipinski definition) is 4. The van der Waals surface area contributed by atoms with Gasteiger partial charge in [0.05, 0.1) is 23.6 Å². The second-order valence-corrected chi connectivity index (χ2v) is 6.69. The van der Waals surface area contributed by atoms with Gasteiger partial charge in [-0.2, -0.15) is 0 Å². The Balaban J connectivity index is 1.85. The predicted octanol–water partition coefficient (Wildman–Crippen LogP) is 3.98. The average molecular weight is 363 g/mol. The summed E-state index contributed by atoms with van der Waals surface area (Å²) in [5, 5.41) is 3.38. The van der Waals surface area contributed by atoms with Gasteiger partial charge in [0.15, 0.2) is 5.43 Å². The first-order valence-electron chi connectivity index (χ1n) is 9.25. The maximum Gasteiger partial charge on any atom is 0.288 e. The van der Waals surface area contributed by atoms with Crippen molar-refractivity contribution in [3.8, 4) is 5.75 Å². The lowest BCUT2D eigenvalue weighted by Crippen LogP contribution is -2.22. The van der Waals surface area contributed by atoms with E-state index in [9.17, 15) is 9.59 Å². The van der Waals surface area contributed by atoms with Gasteiger partial charge >= 0.3 is 0 Å². The molecule has 4 rings (SSSR count). The van der Waals surface area contributed by atoms with Crippen molar-refractivity contribution in [3.63, 3.8) is 0 Å². The maximum absolute atomic E-state index is 13.2. The predicted molar refractivity (Wildman–Crippen MR) is 103 cm³/mol. The summed E-state index contributed by atoms with van der Waals surface area (Å²) in [5.41, 5.74) is 2.50. The first kappa shape index (κ1) is 17.3. The number of ether oxygens (including phenoxy) is 1. The Hall–Kier alpha value is -3.08. The monoisotopic (exact) mass is 363 g/mol. The lowest BCUT2D eigenvalue weighted by molar-refractivity contribution is 0.0938. The average Bonchev–Trinajstić information content (AvgIpc) is 3.03. The molecule has 5 nitrogen and oxygen atoms in total. The topological polar surface area (TPSA) is 68.5 Å². The summed E-state index contributed by atoms with van der Waals surface area (Å²) in [6.07, 6.45) is 1.73. The van der Waals surface area contributed by atoms with Crippen LogP contribution in [0.2, 0.25) is 0 Å². The molecule has 0 saturated heterocycles. The molecule has 0 radical (unpaired) electrons. The molecule has 1 N–H and O–H groups in total. The smallest absolute Gasteiger partial charge is 0.288 e. The highest BCUT2D eigenvalue weighted by molar-refractivity contribution is 5.99. The standard InChI is InChI=1S/C22H21NO4/c1-3-10-26-15-7-5-6-14(12-15)19-18-20(24)16-11-13(4-2)8-9-17(16)27-21(18)22(25)23-19/h5-9,11-12,19H,3-4,10H2,1-2H3,(H,23,25). The number of hydrogen-bond donors (Lipinski definition) is 1. The van der Waals surface area contributed by atoms with E-state index in [-0.39, 0.29) is 17.1 Å². The Bertz CT molecular complexity index is 1080. The molecule has 1 aromatic heterocycles. The lowest BCUT2D eigenvalue weighted by atomic mass is 9.98. The van der Waals surface area contributed by atoms with Crippen LogP contribution in [0, 0.1) is 0 Å². The van der Waals surface area contributed by atoms with Crippen molar-refractivity contribution in [1.29, 1.82) is 0 Å². The Morgan fingerprint density at radius 1 is 1.11 bits per heavy atom. The number of rotatable bonds is 5. The second-order valence-electron chi connectivity index (χ2n) is 6.69. The van der Waals surface area contributed by atoms with E-state index in [0.717, 1.165) is 29.7 Å². The highest BCUT2D eigenvalue weighted by atomic mass is 16.5. The van der Waals surface area contributed by atoms with Gasteiger partial charge in [0, 0.05) is 0 Å². The Kier molecular flexibility index (Phi) is 4.44. The van der Waals surface area contributed by atoms with Gasteiger partial charge in [-0.25, -0.2) is 0 Å². The summed E-state index contributed by atoms with van der Waals surface area (Å²) in [7, 11) is 0. The fraction of sp³-hybridized carbons (Fsp3) is 0.273. The maximum atomic E-state index is 13.2. The number of nitrogens with one attached hydrogen (secondary N) is 1. The van der Waals surface area contributed by atoms with Crippen LogP contribution in [0.1, 0.15) is 53.6 Å². The number of carbonyl (C=O) groups excluding carboxylic acids is 1. The number of aryl methyl sites for hydroxylation is 1. The van der Waals surface area contributed by atoms with E-state index in [1.807, 2.05) is 50.2 Å². The number of amides is 1. The van der Waals surface area contributed by atoms with Crippen molar-refractivity contribution in [1.82, 2.24) is 5.32 Å². The van der Waals surface area contributed by atoms with Gasteiger partial charge < -0.3 is 14.5 Å². The molecular weight excluding hydrogens is 342 g/mol. The minimum Gasteiger partial charge on any atom is -0.494 e. The molecule has 1 unspecified atom stereocenters. The Morgan fingerprint density at radius 2 is 1.96 bits per heavy atom. The molecule has 2 aromatic carbocycles. The van der Waals surface area contributed by atoms with E-state index in [0.29, 0.717) is 23.1 Å². The van der Waals surface area contributed by atoms with Crippen molar-refractivity contribution in [2.45, 2.75) is 32.7 Å². The summed E-state index contributed by atoms with van der Waals surface area (Å²) < 4.78 is 11.5. The third kappa shape index (κ3) is 2.99. The van der Waals surface area contributed by atoms with Crippen LogP contribution in [0.25, 0.3) is 11.0 Å². The van der Waals surface area contributed by atoms with Crippen LogP contribution in [0.5, 0.6) is 5.75 Å². The minimum absolute atomic E-state index is 0.0987. The van der Waals surface area contributed by atoms with Gasteiger partial charge in [-0.3, -0.25) is 9.59 Å². The van der Waals surface area contributed by atoms with Crippen LogP contribution in [0.15, 0.2) is 51.7 Å². The highest BCUT2D eigenvalue weighted by Crippen LogP contribution is 2.32. The molecular formula is C22H21NO4. The molecule has 0 fully saturated rings. The molecule has 138 valence electrons. The largest absolute Gasteiger partial charge is 0.494 e. The quantitative estimate of drug-likeness (QED) is 0.744. The molecule has 1 aliphatic rings. The van der Waals surface area contributed by atoms with E-state index in [4.69, 9.17) is 9.15 Å². The lowest BCUT2D eigenvalue weighted by Gasteiger charge is -2.13. The molecule has 5 heteroatoms. The normalized spacial score (nSPS) is 15.6. The summed E-state index contributed by atoms with van der Waals surface area (Å²) in [6, 6.07) is 12.5. The van der Waals surface area contributed by atoms with E-state index in [1.54, 1.807) is 6.07 Å². The van der Waals surface area contributed by atoms with Crippen LogP contribution in [-0.4, -0.2) is 12.5 Å². The second kappa shape index (κ2) is 6.91. The van der Waals surface area contributed by atoms with Crippen LogP contribution >= 0.6 is 0 Å². The Labute approximate surface area is 157 Å². The van der Waals surface area contributed by atoms with Gasteiger partial charge in [-0.05, 0) is 48.2 Å². The molecule has 0 aliphatic carbocycles. The van der Waals surface area contributed by atoms with Gasteiger partial charge in [-0.15, -0.1) is 0 Å². The van der Waals surface area contributed by atoms with Gasteiger partial charge in [-0.1, -0.05) is 32.0 Å². The van der Waals surface area contributed by atoms with Crippen molar-refractivity contribution >= 4 is 16.9 Å².